The summed E-state index contributed by atoms with van der Waals surface area (Å²) in [6.45, 7) is 5.59. The predicted octanol–water partition coefficient (Wildman–Crippen LogP) is 3.01. The molecule has 186 valence electrons. The quantitative estimate of drug-likeness (QED) is 0.231. The van der Waals surface area contributed by atoms with Crippen molar-refractivity contribution in [1.82, 2.24) is 33.5 Å². The number of hydrogen-bond acceptors (Lipinski definition) is 9. The second-order valence-electron chi connectivity index (χ2n) is 8.19. The zero-order valence-electron chi connectivity index (χ0n) is 20.2. The molecule has 4 rings (SSSR count). The van der Waals surface area contributed by atoms with E-state index in [1.54, 1.807) is 52.2 Å². The minimum Gasteiger partial charge on any atom is -0.573 e. The molecule has 4 aromatic rings. The van der Waals surface area contributed by atoms with Gasteiger partial charge in [-0.1, -0.05) is 0 Å². The van der Waals surface area contributed by atoms with Crippen LogP contribution in [-0.4, -0.2) is 60.0 Å². The Hall–Kier alpha value is -2.64. The Balaban J connectivity index is 1.32. The largest absolute Gasteiger partial charge is 0.573 e. The molecule has 4 heterocycles. The van der Waals surface area contributed by atoms with Crippen LogP contribution in [0.1, 0.15) is 27.9 Å². The highest BCUT2D eigenvalue weighted by Gasteiger charge is 2.23. The van der Waals surface area contributed by atoms with Gasteiger partial charge in [-0.05, 0) is 32.0 Å². The highest BCUT2D eigenvalue weighted by atomic mass is 32.2. The second-order valence-corrected chi connectivity index (χ2v) is 10.9. The summed E-state index contributed by atoms with van der Waals surface area (Å²) in [5.74, 6) is 1.08. The van der Waals surface area contributed by atoms with E-state index in [2.05, 4.69) is 25.6 Å². The topological polar surface area (TPSA) is 107 Å². The van der Waals surface area contributed by atoms with Crippen molar-refractivity contribution < 1.29 is 8.94 Å². The fourth-order valence-electron chi connectivity index (χ4n) is 3.56. The van der Waals surface area contributed by atoms with Gasteiger partial charge in [-0.25, -0.2) is 19.3 Å². The van der Waals surface area contributed by atoms with Gasteiger partial charge in [-0.15, -0.1) is 19.6 Å². The number of nitrogens with zero attached hydrogens (tertiary/aromatic N) is 6. The molecule has 0 aliphatic carbocycles. The molecule has 0 aliphatic heterocycles. The number of imidazole rings is 1. The molecule has 0 radical (unpaired) electrons. The summed E-state index contributed by atoms with van der Waals surface area (Å²) < 4.78 is 31.0. The molecule has 1 atom stereocenters. The number of fused-ring (bicyclic) bond motifs is 1. The van der Waals surface area contributed by atoms with Crippen molar-refractivity contribution in [2.75, 3.05) is 32.5 Å². The third-order valence-electron chi connectivity index (χ3n) is 5.48. The highest BCUT2D eigenvalue weighted by molar-refractivity contribution is 7.87. The molecule has 2 N–H and O–H groups in total. The molecule has 0 amide bonds. The van der Waals surface area contributed by atoms with Crippen LogP contribution in [0.15, 0.2) is 30.6 Å². The van der Waals surface area contributed by atoms with Gasteiger partial charge in [0, 0.05) is 52.4 Å². The van der Waals surface area contributed by atoms with E-state index in [0.29, 0.717) is 17.9 Å². The molecular weight excluding hydrogens is 487 g/mol. The summed E-state index contributed by atoms with van der Waals surface area (Å²) in [4.78, 5) is 17.8. The van der Waals surface area contributed by atoms with Crippen LogP contribution >= 0.6 is 11.3 Å². The SMILES string of the molecule is Cc1nc(CCNCCc2nc3c(NCc4ncccc4F)nccc3s2)n([S+]([O-])N(C)C)c1C. The van der Waals surface area contributed by atoms with Crippen LogP contribution in [0.5, 0.6) is 0 Å². The molecule has 35 heavy (non-hydrogen) atoms. The monoisotopic (exact) mass is 516 g/mol. The van der Waals surface area contributed by atoms with Crippen molar-refractivity contribution in [3.8, 4) is 0 Å². The molecule has 9 nitrogen and oxygen atoms in total. The summed E-state index contributed by atoms with van der Waals surface area (Å²) in [5, 5.41) is 7.59. The standard InChI is InChI=1S/C23H29FN8OS2/c1-15-16(2)32(35(33)31(3)4)20(29-15)8-11-25-12-9-21-30-22-19(34-21)7-13-27-23(22)28-14-18-17(24)6-5-10-26-18/h5-7,10,13,25H,8-9,11-12,14H2,1-4H3,(H,27,28). The van der Waals surface area contributed by atoms with Crippen LogP contribution < -0.4 is 10.6 Å². The third-order valence-corrected chi connectivity index (χ3v) is 7.98. The van der Waals surface area contributed by atoms with Crippen molar-refractivity contribution in [3.05, 3.63) is 64.3 Å². The van der Waals surface area contributed by atoms with E-state index in [-0.39, 0.29) is 12.4 Å². The Kier molecular flexibility index (Phi) is 8.29. The van der Waals surface area contributed by atoms with Gasteiger partial charge in [0.15, 0.2) is 23.2 Å². The molecule has 0 spiro atoms. The van der Waals surface area contributed by atoms with Crippen LogP contribution in [0.3, 0.4) is 0 Å². The molecule has 0 saturated heterocycles. The van der Waals surface area contributed by atoms with Crippen LogP contribution in [0.2, 0.25) is 0 Å². The Morgan fingerprint density at radius 1 is 1.11 bits per heavy atom. The molecular formula is C23H29FN8OS2. The Bertz CT molecular complexity index is 1290. The van der Waals surface area contributed by atoms with E-state index in [1.165, 1.54) is 6.07 Å². The molecule has 0 saturated carbocycles. The lowest BCUT2D eigenvalue weighted by atomic mass is 10.3. The number of aromatic nitrogens is 5. The summed E-state index contributed by atoms with van der Waals surface area (Å²) in [6, 6.07) is 4.90. The zero-order valence-corrected chi connectivity index (χ0v) is 21.8. The van der Waals surface area contributed by atoms with E-state index < -0.39 is 11.5 Å². The molecule has 0 aromatic carbocycles. The summed E-state index contributed by atoms with van der Waals surface area (Å²) in [5.41, 5.74) is 2.94. The van der Waals surface area contributed by atoms with Crippen molar-refractivity contribution >= 4 is 38.9 Å². The van der Waals surface area contributed by atoms with Crippen molar-refractivity contribution in [2.45, 2.75) is 33.2 Å². The smallest absolute Gasteiger partial charge is 0.174 e. The third kappa shape index (κ3) is 5.96. The van der Waals surface area contributed by atoms with Gasteiger partial charge in [0.1, 0.15) is 11.3 Å². The first-order valence-electron chi connectivity index (χ1n) is 11.3. The van der Waals surface area contributed by atoms with Gasteiger partial charge in [-0.3, -0.25) is 4.98 Å². The maximum absolute atomic E-state index is 13.9. The normalized spacial score (nSPS) is 12.5. The molecule has 0 bridgehead atoms. The van der Waals surface area contributed by atoms with Crippen molar-refractivity contribution in [1.29, 1.82) is 0 Å². The van der Waals surface area contributed by atoms with Gasteiger partial charge < -0.3 is 15.2 Å². The maximum Gasteiger partial charge on any atom is 0.174 e. The van der Waals surface area contributed by atoms with E-state index in [9.17, 15) is 8.94 Å². The number of halogens is 1. The molecule has 0 aliphatic rings. The Morgan fingerprint density at radius 3 is 2.69 bits per heavy atom. The number of nitrogens with one attached hydrogen (secondary N) is 2. The van der Waals surface area contributed by atoms with E-state index >= 15 is 0 Å². The lowest BCUT2D eigenvalue weighted by molar-refractivity contribution is 0.505. The van der Waals surface area contributed by atoms with Crippen molar-refractivity contribution in [2.24, 2.45) is 0 Å². The fourth-order valence-corrected chi connectivity index (χ4v) is 5.53. The van der Waals surface area contributed by atoms with Crippen LogP contribution in [0, 0.1) is 19.7 Å². The van der Waals surface area contributed by atoms with Gasteiger partial charge >= 0.3 is 0 Å². The number of hydrogen-bond donors (Lipinski definition) is 2. The fraction of sp³-hybridized carbons (Fsp3) is 0.391. The first-order valence-corrected chi connectivity index (χ1v) is 13.2. The predicted molar refractivity (Wildman–Crippen MR) is 138 cm³/mol. The molecule has 4 aromatic heterocycles. The lowest BCUT2D eigenvalue weighted by Crippen LogP contribution is -2.32. The Labute approximate surface area is 211 Å². The Morgan fingerprint density at radius 2 is 1.91 bits per heavy atom. The maximum atomic E-state index is 13.9. The summed E-state index contributed by atoms with van der Waals surface area (Å²) in [7, 11) is 3.58. The summed E-state index contributed by atoms with van der Waals surface area (Å²) in [6.07, 6.45) is 4.74. The minimum atomic E-state index is -1.29. The number of thiazole rings is 1. The number of anilines is 1. The number of rotatable bonds is 11. The van der Waals surface area contributed by atoms with Crippen LogP contribution in [-0.2, 0) is 30.9 Å². The first-order chi connectivity index (χ1) is 16.8. The first kappa shape index (κ1) is 25.5. The van der Waals surface area contributed by atoms with Crippen LogP contribution in [0.25, 0.3) is 10.2 Å². The van der Waals surface area contributed by atoms with Gasteiger partial charge in [0.25, 0.3) is 0 Å². The molecule has 1 unspecified atom stereocenters. The van der Waals surface area contributed by atoms with Crippen LogP contribution in [0.4, 0.5) is 10.2 Å². The van der Waals surface area contributed by atoms with E-state index in [0.717, 1.165) is 51.9 Å². The number of aryl methyl sites for hydroxylation is 1. The van der Waals surface area contributed by atoms with Gasteiger partial charge in [0.2, 0.25) is 0 Å². The number of pyridine rings is 2. The average molecular weight is 517 g/mol. The minimum absolute atomic E-state index is 0.237. The summed E-state index contributed by atoms with van der Waals surface area (Å²) >= 11 is 0.336. The average Bonchev–Trinajstić information content (AvgIpc) is 3.38. The lowest BCUT2D eigenvalue weighted by Gasteiger charge is -2.18. The van der Waals surface area contributed by atoms with E-state index in [1.807, 2.05) is 19.9 Å². The molecule has 12 heteroatoms. The second kappa shape index (κ2) is 11.4. The van der Waals surface area contributed by atoms with Gasteiger partial charge in [0.05, 0.1) is 33.3 Å². The highest BCUT2D eigenvalue weighted by Crippen LogP contribution is 2.27. The van der Waals surface area contributed by atoms with E-state index in [4.69, 9.17) is 4.98 Å². The molecule has 0 fully saturated rings. The van der Waals surface area contributed by atoms with Crippen molar-refractivity contribution in [3.63, 3.8) is 0 Å². The van der Waals surface area contributed by atoms with Gasteiger partial charge in [-0.2, -0.15) is 0 Å². The zero-order chi connectivity index (χ0) is 24.9.